The lowest BCUT2D eigenvalue weighted by Crippen LogP contribution is -2.30. The van der Waals surface area contributed by atoms with E-state index < -0.39 is 11.7 Å². The van der Waals surface area contributed by atoms with Gasteiger partial charge < -0.3 is 4.90 Å². The van der Waals surface area contributed by atoms with Gasteiger partial charge in [0.15, 0.2) is 0 Å². The Morgan fingerprint density at radius 1 is 1.29 bits per heavy atom. The van der Waals surface area contributed by atoms with E-state index in [0.29, 0.717) is 18.5 Å². The maximum Gasteiger partial charge on any atom is 0.299 e. The predicted molar refractivity (Wildman–Crippen MR) is 66.0 cm³/mol. The molecule has 17 heavy (non-hydrogen) atoms. The third-order valence-corrected chi connectivity index (χ3v) is 3.14. The minimum atomic E-state index is -0.469. The molecule has 0 N–H and O–H groups in total. The van der Waals surface area contributed by atoms with Crippen molar-refractivity contribution in [3.8, 4) is 12.3 Å². The zero-order valence-corrected chi connectivity index (χ0v) is 9.91. The molecular formula is C14H13NO2. The van der Waals surface area contributed by atoms with Gasteiger partial charge >= 0.3 is 0 Å². The van der Waals surface area contributed by atoms with Gasteiger partial charge in [-0.2, -0.15) is 0 Å². The number of rotatable bonds is 2. The third kappa shape index (κ3) is 1.62. The number of carbonyl (C=O) groups is 2. The Bertz CT molecular complexity index is 552. The summed E-state index contributed by atoms with van der Waals surface area (Å²) in [5, 5.41) is 0. The molecule has 3 heteroatoms. The van der Waals surface area contributed by atoms with Gasteiger partial charge in [-0.05, 0) is 31.0 Å². The van der Waals surface area contributed by atoms with E-state index >= 15 is 0 Å². The highest BCUT2D eigenvalue weighted by Crippen LogP contribution is 2.33. The summed E-state index contributed by atoms with van der Waals surface area (Å²) in [6.07, 6.45) is 5.65. The van der Waals surface area contributed by atoms with E-state index in [0.717, 1.165) is 16.8 Å². The molecule has 1 aliphatic heterocycles. The van der Waals surface area contributed by atoms with E-state index in [1.807, 2.05) is 19.9 Å². The third-order valence-electron chi connectivity index (χ3n) is 3.14. The summed E-state index contributed by atoms with van der Waals surface area (Å²) >= 11 is 0. The molecule has 0 saturated carbocycles. The second kappa shape index (κ2) is 4.06. The average Bonchev–Trinajstić information content (AvgIpc) is 2.56. The lowest BCUT2D eigenvalue weighted by Gasteiger charge is -2.18. The number of nitrogens with zero attached hydrogens (tertiary/aromatic N) is 1. The molecule has 0 aliphatic carbocycles. The molecule has 0 spiro atoms. The highest BCUT2D eigenvalue weighted by atomic mass is 16.2. The van der Waals surface area contributed by atoms with Crippen LogP contribution >= 0.6 is 0 Å². The second-order valence-electron chi connectivity index (χ2n) is 4.14. The van der Waals surface area contributed by atoms with Crippen LogP contribution in [0.25, 0.3) is 0 Å². The summed E-state index contributed by atoms with van der Waals surface area (Å²) in [5.74, 6) is 1.59. The molecule has 0 saturated heterocycles. The van der Waals surface area contributed by atoms with Crippen LogP contribution in [-0.4, -0.2) is 18.2 Å². The summed E-state index contributed by atoms with van der Waals surface area (Å²) in [6, 6.07) is 3.58. The largest absolute Gasteiger partial charge is 0.304 e. The van der Waals surface area contributed by atoms with E-state index in [1.165, 1.54) is 4.90 Å². The van der Waals surface area contributed by atoms with Gasteiger partial charge in [0.2, 0.25) is 0 Å². The van der Waals surface area contributed by atoms with E-state index in [2.05, 4.69) is 5.92 Å². The fourth-order valence-corrected chi connectivity index (χ4v) is 2.06. The standard InChI is InChI=1S/C14H13NO2/c1-4-5-8-15-12-10(3)9(2)6-7-11(12)13(16)14(15)17/h1,6-7H,5,8H2,2-3H3. The summed E-state index contributed by atoms with van der Waals surface area (Å²) in [5.41, 5.74) is 3.26. The van der Waals surface area contributed by atoms with Gasteiger partial charge in [0.25, 0.3) is 11.7 Å². The van der Waals surface area contributed by atoms with Crippen LogP contribution in [-0.2, 0) is 4.79 Å². The molecule has 1 aromatic carbocycles. The van der Waals surface area contributed by atoms with Crippen molar-refractivity contribution in [1.82, 2.24) is 0 Å². The summed E-state index contributed by atoms with van der Waals surface area (Å²) in [6.45, 7) is 4.28. The minimum Gasteiger partial charge on any atom is -0.304 e. The van der Waals surface area contributed by atoms with Crippen LogP contribution in [0.2, 0.25) is 0 Å². The van der Waals surface area contributed by atoms with Gasteiger partial charge in [-0.25, -0.2) is 0 Å². The molecule has 0 atom stereocenters. The number of carbonyl (C=O) groups excluding carboxylic acids is 2. The molecule has 0 radical (unpaired) electrons. The van der Waals surface area contributed by atoms with Gasteiger partial charge in [-0.15, -0.1) is 12.3 Å². The lowest BCUT2D eigenvalue weighted by atomic mass is 10.0. The summed E-state index contributed by atoms with van der Waals surface area (Å²) in [4.78, 5) is 25.1. The number of ketones is 1. The maximum absolute atomic E-state index is 11.8. The number of terminal acetylenes is 1. The van der Waals surface area contributed by atoms with Crippen LogP contribution in [0.1, 0.15) is 27.9 Å². The Morgan fingerprint density at radius 3 is 2.65 bits per heavy atom. The average molecular weight is 227 g/mol. The van der Waals surface area contributed by atoms with Crippen LogP contribution in [0, 0.1) is 26.2 Å². The zero-order valence-electron chi connectivity index (χ0n) is 9.91. The van der Waals surface area contributed by atoms with Gasteiger partial charge in [0.1, 0.15) is 0 Å². The first-order valence-electron chi connectivity index (χ1n) is 5.47. The molecule has 0 bridgehead atoms. The van der Waals surface area contributed by atoms with Crippen molar-refractivity contribution in [2.24, 2.45) is 0 Å². The molecule has 3 nitrogen and oxygen atoms in total. The smallest absolute Gasteiger partial charge is 0.299 e. The number of benzene rings is 1. The topological polar surface area (TPSA) is 37.4 Å². The first kappa shape index (κ1) is 11.4. The SMILES string of the molecule is C#CCCN1C(=O)C(=O)c2ccc(C)c(C)c21. The van der Waals surface area contributed by atoms with Crippen molar-refractivity contribution in [3.05, 3.63) is 28.8 Å². The first-order valence-corrected chi connectivity index (χ1v) is 5.47. The number of hydrogen-bond donors (Lipinski definition) is 0. The van der Waals surface area contributed by atoms with Gasteiger partial charge in [-0.3, -0.25) is 9.59 Å². The lowest BCUT2D eigenvalue weighted by molar-refractivity contribution is -0.114. The van der Waals surface area contributed by atoms with Crippen molar-refractivity contribution in [2.75, 3.05) is 11.4 Å². The quantitative estimate of drug-likeness (QED) is 0.571. The Hall–Kier alpha value is -2.08. The van der Waals surface area contributed by atoms with Crippen LogP contribution in [0.15, 0.2) is 12.1 Å². The summed E-state index contributed by atoms with van der Waals surface area (Å²) in [7, 11) is 0. The van der Waals surface area contributed by atoms with E-state index in [9.17, 15) is 9.59 Å². The molecular weight excluding hydrogens is 214 g/mol. The monoisotopic (exact) mass is 227 g/mol. The zero-order chi connectivity index (χ0) is 12.6. The number of anilines is 1. The number of aryl methyl sites for hydroxylation is 1. The summed E-state index contributed by atoms with van der Waals surface area (Å²) < 4.78 is 0. The van der Waals surface area contributed by atoms with Crippen molar-refractivity contribution >= 4 is 17.4 Å². The Morgan fingerprint density at radius 2 is 2.00 bits per heavy atom. The molecule has 1 amide bonds. The predicted octanol–water partition coefficient (Wildman–Crippen LogP) is 1.86. The molecule has 2 rings (SSSR count). The van der Waals surface area contributed by atoms with Gasteiger partial charge in [0.05, 0.1) is 11.3 Å². The fraction of sp³-hybridized carbons (Fsp3) is 0.286. The van der Waals surface area contributed by atoms with Crippen LogP contribution in [0.5, 0.6) is 0 Å². The van der Waals surface area contributed by atoms with E-state index in [1.54, 1.807) is 6.07 Å². The fourth-order valence-electron chi connectivity index (χ4n) is 2.06. The number of fused-ring (bicyclic) bond motifs is 1. The molecule has 1 aromatic rings. The molecule has 86 valence electrons. The van der Waals surface area contributed by atoms with Gasteiger partial charge in [0, 0.05) is 13.0 Å². The highest BCUT2D eigenvalue weighted by molar-refractivity contribution is 6.52. The maximum atomic E-state index is 11.8. The molecule has 1 aliphatic rings. The Balaban J connectivity index is 2.54. The van der Waals surface area contributed by atoms with Gasteiger partial charge in [-0.1, -0.05) is 6.07 Å². The second-order valence-corrected chi connectivity index (χ2v) is 4.14. The van der Waals surface area contributed by atoms with Crippen LogP contribution < -0.4 is 4.90 Å². The van der Waals surface area contributed by atoms with Crippen molar-refractivity contribution in [2.45, 2.75) is 20.3 Å². The highest BCUT2D eigenvalue weighted by Gasteiger charge is 2.36. The first-order chi connectivity index (χ1) is 8.07. The molecule has 0 unspecified atom stereocenters. The van der Waals surface area contributed by atoms with Crippen molar-refractivity contribution < 1.29 is 9.59 Å². The van der Waals surface area contributed by atoms with Crippen molar-refractivity contribution in [1.29, 1.82) is 0 Å². The Kier molecular flexibility index (Phi) is 2.72. The minimum absolute atomic E-state index is 0.401. The normalized spacial score (nSPS) is 13.8. The van der Waals surface area contributed by atoms with E-state index in [-0.39, 0.29) is 0 Å². The van der Waals surface area contributed by atoms with Crippen LogP contribution in [0.4, 0.5) is 5.69 Å². The molecule has 0 fully saturated rings. The molecule has 1 heterocycles. The number of amides is 1. The van der Waals surface area contributed by atoms with E-state index in [4.69, 9.17) is 6.42 Å². The number of Topliss-reactive ketones (excluding diaryl/α,β-unsaturated/α-hetero) is 1. The van der Waals surface area contributed by atoms with Crippen molar-refractivity contribution in [3.63, 3.8) is 0 Å². The Labute approximate surface area is 100 Å². The molecule has 0 aromatic heterocycles. The number of hydrogen-bond acceptors (Lipinski definition) is 2. The van der Waals surface area contributed by atoms with Crippen LogP contribution in [0.3, 0.4) is 0 Å².